The van der Waals surface area contributed by atoms with Gasteiger partial charge in [0.2, 0.25) is 0 Å². The van der Waals surface area contributed by atoms with E-state index in [0.717, 1.165) is 36.3 Å². The second kappa shape index (κ2) is 20.2. The highest BCUT2D eigenvalue weighted by molar-refractivity contribution is 5.90. The molecule has 0 aliphatic heterocycles. The summed E-state index contributed by atoms with van der Waals surface area (Å²) in [7, 11) is 0. The number of ether oxygens (including phenoxy) is 4. The van der Waals surface area contributed by atoms with E-state index >= 15 is 0 Å². The van der Waals surface area contributed by atoms with Gasteiger partial charge >= 0.3 is 18.1 Å². The van der Waals surface area contributed by atoms with E-state index in [-0.39, 0.29) is 24.9 Å². The van der Waals surface area contributed by atoms with E-state index < -0.39 is 36.1 Å². The Labute approximate surface area is 298 Å². The van der Waals surface area contributed by atoms with Crippen LogP contribution in [0, 0.1) is 11.7 Å². The van der Waals surface area contributed by atoms with Crippen molar-refractivity contribution in [2.45, 2.75) is 110 Å². The van der Waals surface area contributed by atoms with Crippen LogP contribution in [0.15, 0.2) is 60.7 Å². The van der Waals surface area contributed by atoms with Gasteiger partial charge in [-0.15, -0.1) is 0 Å². The molecule has 0 amide bonds. The zero-order valence-electron chi connectivity index (χ0n) is 29.7. The van der Waals surface area contributed by atoms with E-state index in [0.29, 0.717) is 42.9 Å². The van der Waals surface area contributed by atoms with Crippen LogP contribution in [0.5, 0.6) is 11.5 Å². The van der Waals surface area contributed by atoms with Crippen molar-refractivity contribution < 1.29 is 46.1 Å². The highest BCUT2D eigenvalue weighted by Gasteiger charge is 2.42. The van der Waals surface area contributed by atoms with Crippen molar-refractivity contribution in [3.05, 3.63) is 83.2 Å². The molecule has 4 rings (SSSR count). The zero-order valence-corrected chi connectivity index (χ0v) is 29.7. The maximum absolute atomic E-state index is 14.9. The van der Waals surface area contributed by atoms with Crippen molar-refractivity contribution in [3.8, 4) is 22.6 Å². The first-order valence-electron chi connectivity index (χ1n) is 18.3. The van der Waals surface area contributed by atoms with Crippen LogP contribution in [0.3, 0.4) is 0 Å². The van der Waals surface area contributed by atoms with Gasteiger partial charge in [0.25, 0.3) is 0 Å². The van der Waals surface area contributed by atoms with Crippen LogP contribution in [0.4, 0.5) is 17.6 Å². The summed E-state index contributed by atoms with van der Waals surface area (Å²) >= 11 is 0. The number of esters is 2. The van der Waals surface area contributed by atoms with Gasteiger partial charge in [-0.1, -0.05) is 76.1 Å². The molecule has 0 heterocycles. The Hall–Kier alpha value is -3.92. The number of hydrogen-bond donors (Lipinski definition) is 0. The van der Waals surface area contributed by atoms with Crippen LogP contribution < -0.4 is 9.47 Å². The molecule has 2 atom stereocenters. The Bertz CT molecular complexity index is 1540. The summed E-state index contributed by atoms with van der Waals surface area (Å²) in [6.45, 7) is 5.10. The molecule has 0 saturated carbocycles. The molecule has 3 aromatic rings. The molecule has 6 nitrogen and oxygen atoms in total. The number of rotatable bonds is 20. The second-order valence-corrected chi connectivity index (χ2v) is 13.1. The molecule has 0 N–H and O–H groups in total. The Morgan fingerprint density at radius 2 is 1.47 bits per heavy atom. The Morgan fingerprint density at radius 3 is 2.16 bits per heavy atom. The fraction of sp³-hybridized carbons (Fsp3) is 0.512. The summed E-state index contributed by atoms with van der Waals surface area (Å²) in [4.78, 5) is 25.5. The highest BCUT2D eigenvalue weighted by Crippen LogP contribution is 2.32. The van der Waals surface area contributed by atoms with Crippen molar-refractivity contribution in [2.24, 2.45) is 5.92 Å². The molecule has 278 valence electrons. The first-order valence-corrected chi connectivity index (χ1v) is 18.3. The minimum atomic E-state index is -4.80. The topological polar surface area (TPSA) is 71.1 Å². The van der Waals surface area contributed by atoms with Gasteiger partial charge < -0.3 is 18.9 Å². The molecular formula is C41H50F4O6. The average Bonchev–Trinajstić information content (AvgIpc) is 3.11. The molecule has 3 aromatic carbocycles. The Morgan fingerprint density at radius 1 is 0.784 bits per heavy atom. The number of carbonyl (C=O) groups excluding carboxylic acids is 2. The summed E-state index contributed by atoms with van der Waals surface area (Å²) in [6, 6.07) is 16.1. The van der Waals surface area contributed by atoms with Gasteiger partial charge in [0.1, 0.15) is 17.3 Å². The minimum absolute atomic E-state index is 0.0305. The summed E-state index contributed by atoms with van der Waals surface area (Å²) in [5, 5.41) is 0. The number of unbranched alkanes of at least 4 members (excludes halogenated alkanes) is 7. The third-order valence-corrected chi connectivity index (χ3v) is 9.17. The van der Waals surface area contributed by atoms with Gasteiger partial charge in [0.05, 0.1) is 18.1 Å². The number of alkyl halides is 3. The van der Waals surface area contributed by atoms with Crippen LogP contribution in [-0.2, 0) is 27.1 Å². The molecule has 1 aliphatic carbocycles. The highest BCUT2D eigenvalue weighted by atomic mass is 19.4. The number of carbonyl (C=O) groups is 2. The Kier molecular flexibility index (Phi) is 15.8. The smallest absolute Gasteiger partial charge is 0.425 e. The minimum Gasteiger partial charge on any atom is -0.494 e. The molecule has 0 fully saturated rings. The van der Waals surface area contributed by atoms with Gasteiger partial charge in [-0.05, 0) is 104 Å². The second-order valence-electron chi connectivity index (χ2n) is 13.1. The first-order chi connectivity index (χ1) is 24.6. The lowest BCUT2D eigenvalue weighted by Gasteiger charge is -2.23. The summed E-state index contributed by atoms with van der Waals surface area (Å²) in [5.74, 6) is -1.82. The van der Waals surface area contributed by atoms with Crippen molar-refractivity contribution in [1.29, 1.82) is 0 Å². The van der Waals surface area contributed by atoms with Gasteiger partial charge in [-0.25, -0.2) is 9.18 Å². The predicted molar refractivity (Wildman–Crippen MR) is 189 cm³/mol. The fourth-order valence-electron chi connectivity index (χ4n) is 6.22. The fourth-order valence-corrected chi connectivity index (χ4v) is 6.22. The van der Waals surface area contributed by atoms with E-state index in [9.17, 15) is 27.2 Å². The van der Waals surface area contributed by atoms with E-state index in [2.05, 4.69) is 17.7 Å². The molecule has 10 heteroatoms. The summed E-state index contributed by atoms with van der Waals surface area (Å²) in [6.07, 6.45) is 4.39. The van der Waals surface area contributed by atoms with Crippen LogP contribution in [0.2, 0.25) is 0 Å². The number of fused-ring (bicyclic) bond motifs is 1. The van der Waals surface area contributed by atoms with E-state index in [4.69, 9.17) is 14.2 Å². The SMILES string of the molecule is CCCCCCCCCCOc1ccc2c(c1)CCC(C(=O)Oc1ccc(-c3ccc(C(=O)O[C@H](CCCOCC)C(F)(F)F)c(F)c3)cc1)C2. The van der Waals surface area contributed by atoms with Crippen LogP contribution in [-0.4, -0.2) is 44.0 Å². The largest absolute Gasteiger partial charge is 0.494 e. The number of benzene rings is 3. The summed E-state index contributed by atoms with van der Waals surface area (Å²) < 4.78 is 76.6. The van der Waals surface area contributed by atoms with Crippen molar-refractivity contribution in [1.82, 2.24) is 0 Å². The molecule has 0 radical (unpaired) electrons. The molecule has 0 bridgehead atoms. The molecular weight excluding hydrogens is 664 g/mol. The summed E-state index contributed by atoms with van der Waals surface area (Å²) in [5.41, 5.74) is 2.66. The van der Waals surface area contributed by atoms with Gasteiger partial charge in [0.15, 0.2) is 6.10 Å². The lowest BCUT2D eigenvalue weighted by Crippen LogP contribution is -2.34. The van der Waals surface area contributed by atoms with E-state index in [1.54, 1.807) is 31.2 Å². The average molecular weight is 715 g/mol. The zero-order chi connectivity index (χ0) is 36.6. The van der Waals surface area contributed by atoms with Crippen LogP contribution in [0.25, 0.3) is 11.1 Å². The lowest BCUT2D eigenvalue weighted by molar-refractivity contribution is -0.206. The predicted octanol–water partition coefficient (Wildman–Crippen LogP) is 10.6. The third-order valence-electron chi connectivity index (χ3n) is 9.17. The van der Waals surface area contributed by atoms with Gasteiger partial charge in [0, 0.05) is 13.2 Å². The normalized spacial score (nSPS) is 14.8. The number of aryl methyl sites for hydroxylation is 1. The third kappa shape index (κ3) is 12.7. The molecule has 0 saturated heterocycles. The molecule has 1 unspecified atom stereocenters. The van der Waals surface area contributed by atoms with E-state index in [1.165, 1.54) is 56.6 Å². The van der Waals surface area contributed by atoms with Gasteiger partial charge in [-0.2, -0.15) is 13.2 Å². The van der Waals surface area contributed by atoms with Crippen molar-refractivity contribution in [3.63, 3.8) is 0 Å². The molecule has 51 heavy (non-hydrogen) atoms. The number of hydrogen-bond acceptors (Lipinski definition) is 6. The van der Waals surface area contributed by atoms with Crippen LogP contribution in [0.1, 0.15) is 106 Å². The van der Waals surface area contributed by atoms with Gasteiger partial charge in [-0.3, -0.25) is 4.79 Å². The molecule has 1 aliphatic rings. The maximum Gasteiger partial charge on any atom is 0.425 e. The lowest BCUT2D eigenvalue weighted by atomic mass is 9.84. The molecule has 0 aromatic heterocycles. The van der Waals surface area contributed by atoms with Crippen molar-refractivity contribution >= 4 is 11.9 Å². The van der Waals surface area contributed by atoms with Crippen molar-refractivity contribution in [2.75, 3.05) is 19.8 Å². The first kappa shape index (κ1) is 39.9. The quantitative estimate of drug-likeness (QED) is 0.0502. The standard InChI is InChI=1S/C41H50F4O6/c1-3-5-6-7-8-9-10-11-25-49-35-22-18-30-26-33(15-14-31(30)27-35)39(46)50-34-20-16-29(17-21-34)32-19-23-36(37(42)28-32)40(47)51-38(41(43,44)45)13-12-24-48-4-2/h16-23,27-28,33,38H,3-15,24-26H2,1-2H3/t33?,38-/m1/s1. The van der Waals surface area contributed by atoms with Crippen LogP contribution >= 0.6 is 0 Å². The molecule has 0 spiro atoms. The monoisotopic (exact) mass is 714 g/mol. The maximum atomic E-state index is 14.9. The Balaban J connectivity index is 1.25. The number of halogens is 4. The van der Waals surface area contributed by atoms with E-state index in [1.807, 2.05) is 12.1 Å².